The van der Waals surface area contributed by atoms with Crippen molar-refractivity contribution >= 4 is 0 Å². The Morgan fingerprint density at radius 2 is 2.00 bits per heavy atom. The molecule has 3 atom stereocenters. The van der Waals surface area contributed by atoms with Gasteiger partial charge in [-0.15, -0.1) is 0 Å². The Kier molecular flexibility index (Phi) is 5.81. The number of aryl methyl sites for hydroxylation is 1. The number of alkyl halides is 3. The molecule has 10 heteroatoms. The summed E-state index contributed by atoms with van der Waals surface area (Å²) in [4.78, 5) is 8.82. The maximum Gasteiger partial charge on any atom is 0.407 e. The predicted molar refractivity (Wildman–Crippen MR) is 116 cm³/mol. The fourth-order valence-corrected chi connectivity index (χ4v) is 4.73. The summed E-state index contributed by atoms with van der Waals surface area (Å²) in [6.45, 7) is 0.765. The van der Waals surface area contributed by atoms with Crippen LogP contribution in [0.25, 0.3) is 11.4 Å². The van der Waals surface area contributed by atoms with Crippen LogP contribution in [0, 0.1) is 0 Å². The molecule has 5 rings (SSSR count). The SMILES string of the molecule is COc1ccc2c(c1)C(Cn1cnc(-c3cc(C4NNNC4C(F)(F)F)ccn3)c1)CCC2. The molecular formula is C23H25F3N6O. The number of pyridine rings is 1. The molecule has 0 spiro atoms. The van der Waals surface area contributed by atoms with Gasteiger partial charge in [0.05, 0.1) is 25.2 Å². The molecule has 7 nitrogen and oxygen atoms in total. The van der Waals surface area contributed by atoms with Crippen LogP contribution in [0.4, 0.5) is 13.2 Å². The topological polar surface area (TPSA) is 76.0 Å². The first kappa shape index (κ1) is 21.9. The Bertz CT molecular complexity index is 1130. The second-order valence-corrected chi connectivity index (χ2v) is 8.49. The zero-order chi connectivity index (χ0) is 23.0. The summed E-state index contributed by atoms with van der Waals surface area (Å²) in [7, 11) is 1.67. The molecule has 1 aliphatic heterocycles. The van der Waals surface area contributed by atoms with Gasteiger partial charge in [-0.25, -0.2) is 15.8 Å². The third-order valence-corrected chi connectivity index (χ3v) is 6.40. The number of aromatic nitrogens is 3. The van der Waals surface area contributed by atoms with Crippen LogP contribution in [0.15, 0.2) is 49.1 Å². The largest absolute Gasteiger partial charge is 0.497 e. The van der Waals surface area contributed by atoms with Gasteiger partial charge < -0.3 is 9.30 Å². The van der Waals surface area contributed by atoms with Crippen LogP contribution in [0.2, 0.25) is 0 Å². The molecule has 3 heterocycles. The smallest absolute Gasteiger partial charge is 0.407 e. The number of benzene rings is 1. The van der Waals surface area contributed by atoms with Gasteiger partial charge in [0.25, 0.3) is 0 Å². The lowest BCUT2D eigenvalue weighted by Crippen LogP contribution is -2.43. The highest BCUT2D eigenvalue weighted by Crippen LogP contribution is 2.36. The van der Waals surface area contributed by atoms with E-state index in [0.29, 0.717) is 22.9 Å². The first-order chi connectivity index (χ1) is 15.9. The van der Waals surface area contributed by atoms with Crippen LogP contribution in [0.5, 0.6) is 5.75 Å². The average Bonchev–Trinajstić information content (AvgIpc) is 3.49. The lowest BCUT2D eigenvalue weighted by Gasteiger charge is -2.26. The molecule has 33 heavy (non-hydrogen) atoms. The minimum Gasteiger partial charge on any atom is -0.497 e. The van der Waals surface area contributed by atoms with Crippen LogP contribution in [0.3, 0.4) is 0 Å². The molecule has 174 valence electrons. The van der Waals surface area contributed by atoms with Crippen LogP contribution in [0.1, 0.15) is 41.5 Å². The summed E-state index contributed by atoms with van der Waals surface area (Å²) in [5.41, 5.74) is 11.6. The normalized spacial score (nSPS) is 22.8. The molecule has 1 saturated heterocycles. The number of hydrogen-bond acceptors (Lipinski definition) is 6. The van der Waals surface area contributed by atoms with Crippen molar-refractivity contribution in [2.24, 2.45) is 0 Å². The van der Waals surface area contributed by atoms with E-state index in [-0.39, 0.29) is 0 Å². The Balaban J connectivity index is 1.36. The van der Waals surface area contributed by atoms with Gasteiger partial charge in [0.1, 0.15) is 17.5 Å². The van der Waals surface area contributed by atoms with E-state index in [9.17, 15) is 13.2 Å². The van der Waals surface area contributed by atoms with Crippen molar-refractivity contribution in [2.75, 3.05) is 7.11 Å². The summed E-state index contributed by atoms with van der Waals surface area (Å²) in [5.74, 6) is 1.20. The van der Waals surface area contributed by atoms with E-state index in [2.05, 4.69) is 38.5 Å². The molecule has 3 aromatic rings. The number of nitrogens with one attached hydrogen (secondary N) is 3. The second kappa shape index (κ2) is 8.77. The number of nitrogens with zero attached hydrogens (tertiary/aromatic N) is 3. The second-order valence-electron chi connectivity index (χ2n) is 8.49. The number of rotatable bonds is 5. The molecule has 1 aliphatic carbocycles. The van der Waals surface area contributed by atoms with Crippen LogP contribution < -0.4 is 21.1 Å². The predicted octanol–water partition coefficient (Wildman–Crippen LogP) is 3.66. The quantitative estimate of drug-likeness (QED) is 0.542. The van der Waals surface area contributed by atoms with Crippen molar-refractivity contribution in [1.82, 2.24) is 30.9 Å². The standard InChI is InChI=1S/C23H25F3N6O/c1-33-17-6-5-14-3-2-4-16(18(14)10-17)11-32-12-20(28-13-32)19-9-15(7-8-27-19)21-22(23(24,25)26)30-31-29-21/h5-10,12-13,16,21-22,29-31H,2-4,11H2,1H3. The monoisotopic (exact) mass is 458 g/mol. The molecule has 2 aromatic heterocycles. The Morgan fingerprint density at radius 3 is 2.82 bits per heavy atom. The summed E-state index contributed by atoms with van der Waals surface area (Å²) >= 11 is 0. The number of hydrogen-bond donors (Lipinski definition) is 3. The van der Waals surface area contributed by atoms with Crippen molar-refractivity contribution in [2.45, 2.75) is 50.0 Å². The fourth-order valence-electron chi connectivity index (χ4n) is 4.73. The summed E-state index contributed by atoms with van der Waals surface area (Å²) in [5, 5.41) is 0. The van der Waals surface area contributed by atoms with Crippen LogP contribution in [-0.4, -0.2) is 33.9 Å². The highest BCUT2D eigenvalue weighted by Gasteiger charge is 2.48. The van der Waals surface area contributed by atoms with E-state index < -0.39 is 18.3 Å². The zero-order valence-corrected chi connectivity index (χ0v) is 18.1. The molecule has 0 radical (unpaired) electrons. The van der Waals surface area contributed by atoms with Crippen molar-refractivity contribution in [3.05, 3.63) is 65.7 Å². The molecule has 1 aromatic carbocycles. The van der Waals surface area contributed by atoms with E-state index in [0.717, 1.165) is 31.6 Å². The lowest BCUT2D eigenvalue weighted by atomic mass is 9.82. The molecular weight excluding hydrogens is 433 g/mol. The van der Waals surface area contributed by atoms with E-state index in [1.54, 1.807) is 25.6 Å². The van der Waals surface area contributed by atoms with E-state index in [1.807, 2.05) is 16.8 Å². The number of imidazole rings is 1. The van der Waals surface area contributed by atoms with Crippen molar-refractivity contribution < 1.29 is 17.9 Å². The number of hydrazine groups is 2. The minimum atomic E-state index is -4.40. The highest BCUT2D eigenvalue weighted by atomic mass is 19.4. The van der Waals surface area contributed by atoms with Gasteiger partial charge >= 0.3 is 6.18 Å². The Hall–Kier alpha value is -2.95. The van der Waals surface area contributed by atoms with Crippen LogP contribution >= 0.6 is 0 Å². The molecule has 2 aliphatic rings. The zero-order valence-electron chi connectivity index (χ0n) is 18.1. The maximum atomic E-state index is 13.3. The summed E-state index contributed by atoms with van der Waals surface area (Å²) in [6, 6.07) is 6.79. The number of methoxy groups -OCH3 is 1. The molecule has 0 saturated carbocycles. The average molecular weight is 458 g/mol. The van der Waals surface area contributed by atoms with Gasteiger partial charge in [0.2, 0.25) is 0 Å². The third kappa shape index (κ3) is 4.46. The lowest BCUT2D eigenvalue weighted by molar-refractivity contribution is -0.156. The fraction of sp³-hybridized carbons (Fsp3) is 0.391. The van der Waals surface area contributed by atoms with Crippen molar-refractivity contribution in [1.29, 1.82) is 0 Å². The molecule has 0 amide bonds. The minimum absolute atomic E-state index is 0.345. The van der Waals surface area contributed by atoms with Crippen molar-refractivity contribution in [3.63, 3.8) is 0 Å². The van der Waals surface area contributed by atoms with Gasteiger partial charge in [0.15, 0.2) is 0 Å². The summed E-state index contributed by atoms with van der Waals surface area (Å²) < 4.78 is 47.4. The van der Waals surface area contributed by atoms with E-state index in [4.69, 9.17) is 4.74 Å². The molecule has 3 unspecified atom stereocenters. The number of fused-ring (bicyclic) bond motifs is 1. The van der Waals surface area contributed by atoms with Crippen molar-refractivity contribution in [3.8, 4) is 17.1 Å². The molecule has 1 fully saturated rings. The summed E-state index contributed by atoms with van der Waals surface area (Å²) in [6.07, 6.45) is 4.05. The van der Waals surface area contributed by atoms with Gasteiger partial charge in [0, 0.05) is 24.9 Å². The molecule has 0 bridgehead atoms. The van der Waals surface area contributed by atoms with Gasteiger partial charge in [-0.1, -0.05) is 6.07 Å². The van der Waals surface area contributed by atoms with E-state index in [1.165, 1.54) is 17.3 Å². The van der Waals surface area contributed by atoms with E-state index >= 15 is 0 Å². The maximum absolute atomic E-state index is 13.3. The number of ether oxygens (including phenoxy) is 1. The van der Waals surface area contributed by atoms with Gasteiger partial charge in [-0.05, 0) is 60.2 Å². The number of halogens is 3. The first-order valence-electron chi connectivity index (χ1n) is 10.9. The van der Waals surface area contributed by atoms with Gasteiger partial charge in [-0.3, -0.25) is 4.98 Å². The van der Waals surface area contributed by atoms with Crippen LogP contribution in [-0.2, 0) is 13.0 Å². The Labute approximate surface area is 189 Å². The third-order valence-electron chi connectivity index (χ3n) is 6.40. The first-order valence-corrected chi connectivity index (χ1v) is 10.9. The Morgan fingerprint density at radius 1 is 1.12 bits per heavy atom. The highest BCUT2D eigenvalue weighted by molar-refractivity contribution is 5.54. The molecule has 3 N–H and O–H groups in total. The van der Waals surface area contributed by atoms with Gasteiger partial charge in [-0.2, -0.15) is 18.7 Å².